The number of hydrogen-bond donors (Lipinski definition) is 1. The monoisotopic (exact) mass is 199 g/mol. The van der Waals surface area contributed by atoms with Crippen LogP contribution in [0.2, 0.25) is 0 Å². The van der Waals surface area contributed by atoms with Crippen LogP contribution >= 0.6 is 0 Å². The van der Waals surface area contributed by atoms with Crippen LogP contribution in [0.5, 0.6) is 0 Å². The van der Waals surface area contributed by atoms with Gasteiger partial charge in [0.15, 0.2) is 0 Å². The largest absolute Gasteiger partial charge is 0.411 e. The zero-order valence-electron chi connectivity index (χ0n) is 8.16. The van der Waals surface area contributed by atoms with Gasteiger partial charge < -0.3 is 10.1 Å². The summed E-state index contributed by atoms with van der Waals surface area (Å²) in [7, 11) is 0. The molecule has 0 saturated heterocycles. The second-order valence-corrected chi connectivity index (χ2v) is 3.44. The Balaban J connectivity index is 3.75. The van der Waals surface area contributed by atoms with E-state index in [1.54, 1.807) is 13.8 Å². The van der Waals surface area contributed by atoms with Gasteiger partial charge in [-0.25, -0.2) is 0 Å². The number of nitrogens with one attached hydrogen (secondary N) is 1. The minimum atomic E-state index is -4.25. The van der Waals surface area contributed by atoms with E-state index in [0.717, 1.165) is 6.54 Å². The molecule has 0 saturated carbocycles. The molecule has 0 bridgehead atoms. The highest BCUT2D eigenvalue weighted by Crippen LogP contribution is 2.18. The van der Waals surface area contributed by atoms with Crippen molar-refractivity contribution in [3.63, 3.8) is 0 Å². The van der Waals surface area contributed by atoms with E-state index in [1.165, 1.54) is 0 Å². The molecule has 0 atom stereocenters. The van der Waals surface area contributed by atoms with Gasteiger partial charge in [-0.15, -0.1) is 0 Å². The van der Waals surface area contributed by atoms with Gasteiger partial charge >= 0.3 is 6.18 Å². The van der Waals surface area contributed by atoms with Gasteiger partial charge in [-0.3, -0.25) is 0 Å². The molecule has 2 nitrogen and oxygen atoms in total. The lowest BCUT2D eigenvalue weighted by Gasteiger charge is -2.26. The second-order valence-electron chi connectivity index (χ2n) is 3.44. The molecule has 13 heavy (non-hydrogen) atoms. The predicted molar refractivity (Wildman–Crippen MR) is 44.6 cm³/mol. The van der Waals surface area contributed by atoms with Gasteiger partial charge in [0, 0.05) is 6.54 Å². The molecule has 0 amide bonds. The minimum Gasteiger partial charge on any atom is -0.365 e. The van der Waals surface area contributed by atoms with E-state index in [-0.39, 0.29) is 0 Å². The van der Waals surface area contributed by atoms with E-state index in [1.807, 2.05) is 6.92 Å². The molecule has 0 radical (unpaired) electrons. The van der Waals surface area contributed by atoms with E-state index in [9.17, 15) is 13.2 Å². The fourth-order valence-corrected chi connectivity index (χ4v) is 0.754. The first-order valence-electron chi connectivity index (χ1n) is 4.18. The number of alkyl halides is 3. The molecule has 80 valence electrons. The zero-order chi connectivity index (χ0) is 10.5. The summed E-state index contributed by atoms with van der Waals surface area (Å²) in [6, 6.07) is 0. The third kappa shape index (κ3) is 8.05. The van der Waals surface area contributed by atoms with Gasteiger partial charge in [0.05, 0.1) is 5.60 Å². The number of likely N-dealkylation sites (N-methyl/N-ethyl adjacent to an activating group) is 1. The molecule has 0 aliphatic heterocycles. The maximum Gasteiger partial charge on any atom is 0.411 e. The van der Waals surface area contributed by atoms with Crippen molar-refractivity contribution in [2.75, 3.05) is 19.7 Å². The number of ether oxygens (including phenoxy) is 1. The zero-order valence-corrected chi connectivity index (χ0v) is 8.16. The number of rotatable bonds is 5. The standard InChI is InChI=1S/C8H16F3NO/c1-4-12-5-7(2,3)13-6-8(9,10)11/h12H,4-6H2,1-3H3. The average Bonchev–Trinajstić information content (AvgIpc) is 1.97. The third-order valence-electron chi connectivity index (χ3n) is 1.43. The van der Waals surface area contributed by atoms with Crippen molar-refractivity contribution in [1.82, 2.24) is 5.32 Å². The van der Waals surface area contributed by atoms with Crippen molar-refractivity contribution in [2.24, 2.45) is 0 Å². The summed E-state index contributed by atoms with van der Waals surface area (Å²) in [5.74, 6) is 0. The summed E-state index contributed by atoms with van der Waals surface area (Å²) < 4.78 is 40.0. The molecular weight excluding hydrogens is 183 g/mol. The molecule has 0 aromatic rings. The van der Waals surface area contributed by atoms with Gasteiger partial charge in [0.25, 0.3) is 0 Å². The molecule has 0 spiro atoms. The quantitative estimate of drug-likeness (QED) is 0.730. The van der Waals surface area contributed by atoms with Crippen LogP contribution in [-0.4, -0.2) is 31.5 Å². The van der Waals surface area contributed by atoms with Crippen LogP contribution in [0.3, 0.4) is 0 Å². The minimum absolute atomic E-state index is 0.416. The summed E-state index contributed by atoms with van der Waals surface area (Å²) in [6.07, 6.45) is -4.25. The average molecular weight is 199 g/mol. The Morgan fingerprint density at radius 3 is 2.15 bits per heavy atom. The topological polar surface area (TPSA) is 21.3 Å². The molecular formula is C8H16F3NO. The Morgan fingerprint density at radius 1 is 1.23 bits per heavy atom. The van der Waals surface area contributed by atoms with Gasteiger partial charge in [-0.2, -0.15) is 13.2 Å². The van der Waals surface area contributed by atoms with Crippen molar-refractivity contribution < 1.29 is 17.9 Å². The van der Waals surface area contributed by atoms with Crippen molar-refractivity contribution in [3.05, 3.63) is 0 Å². The van der Waals surface area contributed by atoms with E-state index in [0.29, 0.717) is 6.54 Å². The van der Waals surface area contributed by atoms with Crippen molar-refractivity contribution >= 4 is 0 Å². The second kappa shape index (κ2) is 4.81. The van der Waals surface area contributed by atoms with Crippen LogP contribution in [0.1, 0.15) is 20.8 Å². The van der Waals surface area contributed by atoms with Gasteiger partial charge in [0.1, 0.15) is 6.61 Å². The smallest absolute Gasteiger partial charge is 0.365 e. The molecule has 0 aliphatic rings. The molecule has 0 heterocycles. The van der Waals surface area contributed by atoms with Gasteiger partial charge in [-0.05, 0) is 20.4 Å². The molecule has 0 rings (SSSR count). The lowest BCUT2D eigenvalue weighted by atomic mass is 10.1. The maximum atomic E-state index is 11.8. The third-order valence-corrected chi connectivity index (χ3v) is 1.43. The van der Waals surface area contributed by atoms with E-state index >= 15 is 0 Å². The fraction of sp³-hybridized carbons (Fsp3) is 1.00. The van der Waals surface area contributed by atoms with Crippen molar-refractivity contribution in [1.29, 1.82) is 0 Å². The lowest BCUT2D eigenvalue weighted by Crippen LogP contribution is -2.40. The Labute approximate surface area is 76.5 Å². The summed E-state index contributed by atoms with van der Waals surface area (Å²) >= 11 is 0. The van der Waals surface area contributed by atoms with E-state index < -0.39 is 18.4 Å². The van der Waals surface area contributed by atoms with Gasteiger partial charge in [-0.1, -0.05) is 6.92 Å². The highest BCUT2D eigenvalue weighted by atomic mass is 19.4. The number of hydrogen-bond acceptors (Lipinski definition) is 2. The normalized spacial score (nSPS) is 13.4. The first kappa shape index (κ1) is 12.7. The molecule has 5 heteroatoms. The highest BCUT2D eigenvalue weighted by Gasteiger charge is 2.31. The Bertz CT molecular complexity index is 145. The van der Waals surface area contributed by atoms with Crippen LogP contribution in [-0.2, 0) is 4.74 Å². The molecule has 0 unspecified atom stereocenters. The maximum absolute atomic E-state index is 11.8. The summed E-state index contributed by atoms with van der Waals surface area (Å²) in [5.41, 5.74) is -0.772. The lowest BCUT2D eigenvalue weighted by molar-refractivity contribution is -0.198. The van der Waals surface area contributed by atoms with Crippen molar-refractivity contribution in [2.45, 2.75) is 32.5 Å². The van der Waals surface area contributed by atoms with Crippen LogP contribution in [0.25, 0.3) is 0 Å². The molecule has 0 aliphatic carbocycles. The molecule has 1 N–H and O–H groups in total. The molecule has 0 aromatic heterocycles. The first-order valence-corrected chi connectivity index (χ1v) is 4.18. The number of halogens is 3. The summed E-state index contributed by atoms with van der Waals surface area (Å²) in [6.45, 7) is 5.09. The Kier molecular flexibility index (Phi) is 4.70. The first-order chi connectivity index (χ1) is 5.77. The van der Waals surface area contributed by atoms with Crippen LogP contribution in [0.15, 0.2) is 0 Å². The fourth-order valence-electron chi connectivity index (χ4n) is 0.754. The summed E-state index contributed by atoms with van der Waals surface area (Å²) in [5, 5.41) is 2.93. The van der Waals surface area contributed by atoms with Crippen LogP contribution in [0, 0.1) is 0 Å². The SMILES string of the molecule is CCNCC(C)(C)OCC(F)(F)F. The molecule has 0 aromatic carbocycles. The van der Waals surface area contributed by atoms with Gasteiger partial charge in [0.2, 0.25) is 0 Å². The van der Waals surface area contributed by atoms with Crippen molar-refractivity contribution in [3.8, 4) is 0 Å². The summed E-state index contributed by atoms with van der Waals surface area (Å²) in [4.78, 5) is 0. The van der Waals surface area contributed by atoms with E-state index in [2.05, 4.69) is 5.32 Å². The Hall–Kier alpha value is -0.290. The predicted octanol–water partition coefficient (Wildman–Crippen LogP) is 1.95. The highest BCUT2D eigenvalue weighted by molar-refractivity contribution is 4.72. The Morgan fingerprint density at radius 2 is 1.77 bits per heavy atom. The van der Waals surface area contributed by atoms with Crippen LogP contribution < -0.4 is 5.32 Å². The molecule has 0 fully saturated rings. The van der Waals surface area contributed by atoms with E-state index in [4.69, 9.17) is 4.74 Å². The van der Waals surface area contributed by atoms with Crippen LogP contribution in [0.4, 0.5) is 13.2 Å².